The first-order valence-electron chi connectivity index (χ1n) is 13.9. The Labute approximate surface area is 233 Å². The van der Waals surface area contributed by atoms with E-state index >= 15 is 0 Å². The summed E-state index contributed by atoms with van der Waals surface area (Å²) in [7, 11) is 0. The molecule has 6 rings (SSSR count). The largest absolute Gasteiger partial charge is 0.493 e. The molecule has 7 nitrogen and oxygen atoms in total. The van der Waals surface area contributed by atoms with Crippen LogP contribution in [-0.2, 0) is 24.2 Å². The van der Waals surface area contributed by atoms with Crippen molar-refractivity contribution >= 4 is 23.5 Å². The first kappa shape index (κ1) is 26.0. The lowest BCUT2D eigenvalue weighted by molar-refractivity contribution is -0.131. The van der Waals surface area contributed by atoms with E-state index in [2.05, 4.69) is 19.9 Å². The van der Waals surface area contributed by atoms with Crippen LogP contribution in [0.2, 0.25) is 5.02 Å². The third-order valence-corrected chi connectivity index (χ3v) is 8.65. The molecular weight excluding hydrogens is 517 g/mol. The van der Waals surface area contributed by atoms with E-state index in [9.17, 15) is 9.18 Å². The monoisotopic (exact) mass is 549 g/mol. The number of anilines is 1. The quantitative estimate of drug-likeness (QED) is 0.389. The van der Waals surface area contributed by atoms with Gasteiger partial charge in [0, 0.05) is 50.6 Å². The standard InChI is InChI=1S/C30H33ClFN5O2/c31-24-17-34-30(35-18-24)36-10-5-20(6-11-36)26-14-21(26)8-13-39-25-4-3-22(27(32)16-25)15-29(38)37-12-7-28-23(19-37)2-1-9-33-28/h1-4,9,16-18,20-21,26H,5-8,10-15,19H2. The molecule has 0 N–H and O–H groups in total. The van der Waals surface area contributed by atoms with Crippen LogP contribution < -0.4 is 9.64 Å². The van der Waals surface area contributed by atoms with Crippen LogP contribution >= 0.6 is 11.6 Å². The Morgan fingerprint density at radius 1 is 1.10 bits per heavy atom. The predicted octanol–water partition coefficient (Wildman–Crippen LogP) is 5.11. The molecule has 0 radical (unpaired) electrons. The maximum absolute atomic E-state index is 14.8. The number of carbonyl (C=O) groups is 1. The second-order valence-electron chi connectivity index (χ2n) is 10.9. The smallest absolute Gasteiger partial charge is 0.227 e. The van der Waals surface area contributed by atoms with Crippen molar-refractivity contribution in [2.75, 3.05) is 31.1 Å². The van der Waals surface area contributed by atoms with Crippen LogP contribution in [0.15, 0.2) is 48.9 Å². The Morgan fingerprint density at radius 3 is 2.72 bits per heavy atom. The molecule has 1 aromatic carbocycles. The highest BCUT2D eigenvalue weighted by molar-refractivity contribution is 6.30. The molecule has 3 aliphatic rings. The minimum atomic E-state index is -0.388. The van der Waals surface area contributed by atoms with Crippen molar-refractivity contribution in [3.05, 3.63) is 76.6 Å². The molecule has 1 saturated heterocycles. The Bertz CT molecular complexity index is 1310. The number of pyridine rings is 1. The minimum absolute atomic E-state index is 0.0500. The first-order chi connectivity index (χ1) is 19.0. The van der Waals surface area contributed by atoms with Crippen molar-refractivity contribution in [3.63, 3.8) is 0 Å². The average Bonchev–Trinajstić information content (AvgIpc) is 3.74. The summed E-state index contributed by atoms with van der Waals surface area (Å²) in [6, 6.07) is 8.76. The summed E-state index contributed by atoms with van der Waals surface area (Å²) in [6.45, 7) is 3.68. The number of benzene rings is 1. The normalized spacial score (nSPS) is 21.0. The van der Waals surface area contributed by atoms with Gasteiger partial charge in [0.2, 0.25) is 11.9 Å². The summed E-state index contributed by atoms with van der Waals surface area (Å²) in [5.74, 6) is 3.00. The highest BCUT2D eigenvalue weighted by Crippen LogP contribution is 2.49. The van der Waals surface area contributed by atoms with Gasteiger partial charge >= 0.3 is 0 Å². The van der Waals surface area contributed by atoms with E-state index < -0.39 is 0 Å². The van der Waals surface area contributed by atoms with Crippen LogP contribution in [0.3, 0.4) is 0 Å². The van der Waals surface area contributed by atoms with Crippen molar-refractivity contribution in [2.24, 2.45) is 17.8 Å². The molecule has 39 heavy (non-hydrogen) atoms. The number of ether oxygens (including phenoxy) is 1. The number of piperidine rings is 1. The Balaban J connectivity index is 0.924. The number of nitrogens with zero attached hydrogens (tertiary/aromatic N) is 5. The highest BCUT2D eigenvalue weighted by atomic mass is 35.5. The van der Waals surface area contributed by atoms with Crippen LogP contribution in [-0.4, -0.2) is 52.0 Å². The molecule has 1 saturated carbocycles. The fourth-order valence-electron chi connectivity index (χ4n) is 6.12. The zero-order valence-corrected chi connectivity index (χ0v) is 22.7. The average molecular weight is 550 g/mol. The van der Waals surface area contributed by atoms with Gasteiger partial charge in [-0.25, -0.2) is 14.4 Å². The maximum Gasteiger partial charge on any atom is 0.227 e. The fourth-order valence-corrected chi connectivity index (χ4v) is 6.22. The third-order valence-electron chi connectivity index (χ3n) is 8.45. The number of hydrogen-bond donors (Lipinski definition) is 0. The van der Waals surface area contributed by atoms with E-state index in [0.717, 1.165) is 67.8 Å². The number of aromatic nitrogens is 3. The van der Waals surface area contributed by atoms with Gasteiger partial charge in [0.1, 0.15) is 11.6 Å². The number of rotatable bonds is 8. The second-order valence-corrected chi connectivity index (χ2v) is 11.4. The summed E-state index contributed by atoms with van der Waals surface area (Å²) < 4.78 is 20.7. The zero-order chi connectivity index (χ0) is 26.8. The van der Waals surface area contributed by atoms with Crippen LogP contribution in [0.1, 0.15) is 42.5 Å². The first-order valence-corrected chi connectivity index (χ1v) is 14.3. The second kappa shape index (κ2) is 11.5. The molecule has 2 unspecified atom stereocenters. The van der Waals surface area contributed by atoms with E-state index in [0.29, 0.717) is 41.9 Å². The van der Waals surface area contributed by atoms with Gasteiger partial charge in [-0.2, -0.15) is 0 Å². The van der Waals surface area contributed by atoms with Crippen LogP contribution in [0.5, 0.6) is 5.75 Å². The topological polar surface area (TPSA) is 71.5 Å². The van der Waals surface area contributed by atoms with Gasteiger partial charge in [-0.05, 0) is 66.7 Å². The summed E-state index contributed by atoms with van der Waals surface area (Å²) in [6.07, 6.45) is 10.4. The Kier molecular flexibility index (Phi) is 7.64. The van der Waals surface area contributed by atoms with E-state index in [4.69, 9.17) is 16.3 Å². The van der Waals surface area contributed by atoms with Crippen molar-refractivity contribution in [3.8, 4) is 5.75 Å². The number of halogens is 2. The molecular formula is C30H33ClFN5O2. The lowest BCUT2D eigenvalue weighted by atomic mass is 9.90. The van der Waals surface area contributed by atoms with E-state index in [1.807, 2.05) is 12.1 Å². The van der Waals surface area contributed by atoms with Gasteiger partial charge in [-0.1, -0.05) is 23.7 Å². The summed E-state index contributed by atoms with van der Waals surface area (Å²) in [5.41, 5.74) is 2.51. The molecule has 2 fully saturated rings. The number of amides is 1. The molecule has 204 valence electrons. The van der Waals surface area contributed by atoms with Crippen molar-refractivity contribution < 1.29 is 13.9 Å². The molecule has 9 heteroatoms. The molecule has 2 aliphatic heterocycles. The van der Waals surface area contributed by atoms with Crippen molar-refractivity contribution in [1.29, 1.82) is 0 Å². The molecule has 2 atom stereocenters. The lowest BCUT2D eigenvalue weighted by Crippen LogP contribution is -2.37. The summed E-state index contributed by atoms with van der Waals surface area (Å²) in [5, 5.41) is 0.559. The van der Waals surface area contributed by atoms with Gasteiger partial charge in [-0.3, -0.25) is 9.78 Å². The Morgan fingerprint density at radius 2 is 1.92 bits per heavy atom. The Hall–Kier alpha value is -3.26. The van der Waals surface area contributed by atoms with E-state index in [1.165, 1.54) is 12.5 Å². The SMILES string of the molecule is O=C(Cc1ccc(OCCC2CC2C2CCN(c3ncc(Cl)cn3)CC2)cc1F)N1CCc2ncccc2C1. The van der Waals surface area contributed by atoms with Crippen molar-refractivity contribution in [2.45, 2.75) is 45.1 Å². The van der Waals surface area contributed by atoms with E-state index in [-0.39, 0.29) is 18.1 Å². The lowest BCUT2D eigenvalue weighted by Gasteiger charge is -2.32. The third kappa shape index (κ3) is 6.16. The van der Waals surface area contributed by atoms with Crippen molar-refractivity contribution in [1.82, 2.24) is 19.9 Å². The molecule has 3 aromatic rings. The molecule has 2 aromatic heterocycles. The van der Waals surface area contributed by atoms with Crippen LogP contribution in [0.25, 0.3) is 0 Å². The van der Waals surface area contributed by atoms with Gasteiger partial charge in [-0.15, -0.1) is 0 Å². The van der Waals surface area contributed by atoms with Gasteiger partial charge in [0.05, 0.1) is 30.4 Å². The summed E-state index contributed by atoms with van der Waals surface area (Å²) in [4.78, 5) is 29.9. The minimum Gasteiger partial charge on any atom is -0.493 e. The number of carbonyl (C=O) groups excluding carboxylic acids is 1. The number of hydrogen-bond acceptors (Lipinski definition) is 6. The number of fused-ring (bicyclic) bond motifs is 1. The maximum atomic E-state index is 14.8. The van der Waals surface area contributed by atoms with Crippen LogP contribution in [0, 0.1) is 23.6 Å². The molecule has 0 bridgehead atoms. The van der Waals surface area contributed by atoms with Gasteiger partial charge < -0.3 is 14.5 Å². The summed E-state index contributed by atoms with van der Waals surface area (Å²) >= 11 is 5.90. The van der Waals surface area contributed by atoms with Crippen LogP contribution in [0.4, 0.5) is 10.3 Å². The molecule has 1 aliphatic carbocycles. The van der Waals surface area contributed by atoms with E-state index in [1.54, 1.807) is 35.6 Å². The molecule has 4 heterocycles. The zero-order valence-electron chi connectivity index (χ0n) is 21.9. The molecule has 0 spiro atoms. The van der Waals surface area contributed by atoms with Gasteiger partial charge in [0.15, 0.2) is 0 Å². The molecule has 1 amide bonds. The fraction of sp³-hybridized carbons (Fsp3) is 0.467. The van der Waals surface area contributed by atoms with Gasteiger partial charge in [0.25, 0.3) is 0 Å². The predicted molar refractivity (Wildman–Crippen MR) is 147 cm³/mol. The highest BCUT2D eigenvalue weighted by Gasteiger charge is 2.43.